The molecule has 2 unspecified atom stereocenters. The van der Waals surface area contributed by atoms with Gasteiger partial charge in [-0.1, -0.05) is 19.3 Å². The summed E-state index contributed by atoms with van der Waals surface area (Å²) in [6.07, 6.45) is 5.98. The van der Waals surface area contributed by atoms with Gasteiger partial charge in [-0.2, -0.15) is 0 Å². The molecule has 2 amide bonds. The van der Waals surface area contributed by atoms with Crippen molar-refractivity contribution in [2.24, 2.45) is 11.8 Å². The first-order valence-corrected chi connectivity index (χ1v) is 8.53. The van der Waals surface area contributed by atoms with Gasteiger partial charge in [0, 0.05) is 12.3 Å². The molecule has 1 N–H and O–H groups in total. The Bertz CT molecular complexity index is 412. The minimum atomic E-state index is -1.08. The third-order valence-electron chi connectivity index (χ3n) is 4.58. The second kappa shape index (κ2) is 5.76. The summed E-state index contributed by atoms with van der Waals surface area (Å²) < 4.78 is 0. The largest absolute Gasteiger partial charge is 0.355 e. The molecule has 2 atom stereocenters. The van der Waals surface area contributed by atoms with Crippen LogP contribution in [0.15, 0.2) is 0 Å². The number of Topliss-reactive ketones (excluding diaryl/α,β-unsaturated/α-hetero) is 1. The molecule has 0 radical (unpaired) electrons. The Labute approximate surface area is 122 Å². The smallest absolute Gasteiger partial charge is 0.244 e. The van der Waals surface area contributed by atoms with Crippen LogP contribution in [0.1, 0.15) is 32.1 Å². The van der Waals surface area contributed by atoms with Gasteiger partial charge in [-0.3, -0.25) is 14.4 Å². The Hall–Kier alpha value is -1.04. The van der Waals surface area contributed by atoms with E-state index in [-0.39, 0.29) is 23.6 Å². The van der Waals surface area contributed by atoms with Gasteiger partial charge in [0.15, 0.2) is 11.7 Å². The number of carbonyl (C=O) groups excluding carboxylic acids is 3. The van der Waals surface area contributed by atoms with Crippen LogP contribution in [0.2, 0.25) is 0 Å². The van der Waals surface area contributed by atoms with Crippen molar-refractivity contribution < 1.29 is 14.4 Å². The first kappa shape index (κ1) is 13.9. The van der Waals surface area contributed by atoms with E-state index in [2.05, 4.69) is 5.32 Å². The van der Waals surface area contributed by atoms with E-state index >= 15 is 0 Å². The van der Waals surface area contributed by atoms with Crippen LogP contribution < -0.4 is 5.32 Å². The molecule has 2 heterocycles. The normalized spacial score (nSPS) is 30.7. The first-order valence-electron chi connectivity index (χ1n) is 7.38. The van der Waals surface area contributed by atoms with E-state index in [0.29, 0.717) is 24.1 Å². The standard InChI is InChI=1S/C14H20N2O3S/c17-12-10-7-20-8-16(10)14(19)11(12)13(18)15-6-9-4-2-1-3-5-9/h9-11H,1-8H2,(H,15,18). The lowest BCUT2D eigenvalue weighted by Crippen LogP contribution is -2.41. The molecule has 1 saturated carbocycles. The van der Waals surface area contributed by atoms with Gasteiger partial charge in [0.2, 0.25) is 11.8 Å². The monoisotopic (exact) mass is 296 g/mol. The number of rotatable bonds is 3. The number of hydrogen-bond donors (Lipinski definition) is 1. The number of fused-ring (bicyclic) bond motifs is 1. The van der Waals surface area contributed by atoms with Gasteiger partial charge < -0.3 is 10.2 Å². The summed E-state index contributed by atoms with van der Waals surface area (Å²) in [4.78, 5) is 38.0. The molecule has 110 valence electrons. The predicted octanol–water partition coefficient (Wildman–Crippen LogP) is 0.783. The van der Waals surface area contributed by atoms with Crippen molar-refractivity contribution in [3.8, 4) is 0 Å². The zero-order valence-corrected chi connectivity index (χ0v) is 12.3. The SMILES string of the molecule is O=C(NCC1CCCCC1)C1C(=O)C2CSCN2C1=O. The molecule has 3 aliphatic rings. The molecule has 20 heavy (non-hydrogen) atoms. The third kappa shape index (κ3) is 2.45. The van der Waals surface area contributed by atoms with E-state index in [1.807, 2.05) is 0 Å². The van der Waals surface area contributed by atoms with Crippen LogP contribution in [-0.4, -0.2) is 46.7 Å². The van der Waals surface area contributed by atoms with Gasteiger partial charge >= 0.3 is 0 Å². The minimum Gasteiger partial charge on any atom is -0.355 e. The Morgan fingerprint density at radius 2 is 2.00 bits per heavy atom. The van der Waals surface area contributed by atoms with Gasteiger partial charge in [0.1, 0.15) is 6.04 Å². The van der Waals surface area contributed by atoms with Gasteiger partial charge in [-0.05, 0) is 18.8 Å². The fourth-order valence-electron chi connectivity index (χ4n) is 3.36. The fraction of sp³-hybridized carbons (Fsp3) is 0.786. The van der Waals surface area contributed by atoms with Crippen LogP contribution in [0.5, 0.6) is 0 Å². The minimum absolute atomic E-state index is 0.207. The van der Waals surface area contributed by atoms with Gasteiger partial charge in [0.05, 0.1) is 5.88 Å². The lowest BCUT2D eigenvalue weighted by atomic mass is 9.89. The third-order valence-corrected chi connectivity index (χ3v) is 5.59. The van der Waals surface area contributed by atoms with Crippen molar-refractivity contribution in [2.45, 2.75) is 38.1 Å². The van der Waals surface area contributed by atoms with E-state index in [1.54, 1.807) is 16.7 Å². The zero-order valence-electron chi connectivity index (χ0n) is 11.5. The molecule has 0 spiro atoms. The molecule has 2 aliphatic heterocycles. The molecule has 0 aromatic heterocycles. The first-order chi connectivity index (χ1) is 9.68. The van der Waals surface area contributed by atoms with Crippen LogP contribution in [0.4, 0.5) is 0 Å². The fourth-order valence-corrected chi connectivity index (χ4v) is 4.53. The molecule has 5 nitrogen and oxygen atoms in total. The number of hydrogen-bond acceptors (Lipinski definition) is 4. The molecule has 6 heteroatoms. The number of nitrogens with one attached hydrogen (secondary N) is 1. The summed E-state index contributed by atoms with van der Waals surface area (Å²) >= 11 is 1.58. The van der Waals surface area contributed by atoms with E-state index in [9.17, 15) is 14.4 Å². The van der Waals surface area contributed by atoms with Crippen molar-refractivity contribution in [2.75, 3.05) is 18.2 Å². The summed E-state index contributed by atoms with van der Waals surface area (Å²) in [5, 5.41) is 2.83. The van der Waals surface area contributed by atoms with Crippen LogP contribution in [0, 0.1) is 11.8 Å². The lowest BCUT2D eigenvalue weighted by Gasteiger charge is -2.22. The van der Waals surface area contributed by atoms with E-state index in [1.165, 1.54) is 19.3 Å². The quantitative estimate of drug-likeness (QED) is 0.782. The molecule has 3 fully saturated rings. The highest BCUT2D eigenvalue weighted by Gasteiger charge is 2.52. The number of thioether (sulfide) groups is 1. The van der Waals surface area contributed by atoms with Crippen molar-refractivity contribution >= 4 is 29.4 Å². The van der Waals surface area contributed by atoms with Gasteiger partial charge in [-0.15, -0.1) is 11.8 Å². The van der Waals surface area contributed by atoms with E-state index in [4.69, 9.17) is 0 Å². The Kier molecular flexibility index (Phi) is 4.01. The van der Waals surface area contributed by atoms with Crippen molar-refractivity contribution in [1.82, 2.24) is 10.2 Å². The Morgan fingerprint density at radius 1 is 1.25 bits per heavy atom. The second-order valence-electron chi connectivity index (χ2n) is 5.91. The average molecular weight is 296 g/mol. The molecule has 0 aromatic rings. The molecule has 3 rings (SSSR count). The van der Waals surface area contributed by atoms with Crippen LogP contribution >= 0.6 is 11.8 Å². The second-order valence-corrected chi connectivity index (χ2v) is 6.91. The summed E-state index contributed by atoms with van der Waals surface area (Å²) in [6, 6.07) is -0.363. The number of amides is 2. The molecular formula is C14H20N2O3S. The van der Waals surface area contributed by atoms with E-state index < -0.39 is 5.92 Å². The topological polar surface area (TPSA) is 66.5 Å². The summed E-state index contributed by atoms with van der Waals surface area (Å²) in [5.41, 5.74) is 0. The number of nitrogens with zero attached hydrogens (tertiary/aromatic N) is 1. The maximum absolute atomic E-state index is 12.2. The zero-order chi connectivity index (χ0) is 14.1. The Morgan fingerprint density at radius 3 is 2.70 bits per heavy atom. The highest BCUT2D eigenvalue weighted by Crippen LogP contribution is 2.31. The van der Waals surface area contributed by atoms with E-state index in [0.717, 1.165) is 12.8 Å². The van der Waals surface area contributed by atoms with Crippen LogP contribution in [0.3, 0.4) is 0 Å². The number of ketones is 1. The molecule has 2 saturated heterocycles. The van der Waals surface area contributed by atoms with Crippen molar-refractivity contribution in [3.05, 3.63) is 0 Å². The highest BCUT2D eigenvalue weighted by molar-refractivity contribution is 7.99. The maximum Gasteiger partial charge on any atom is 0.244 e. The van der Waals surface area contributed by atoms with Crippen molar-refractivity contribution in [1.29, 1.82) is 0 Å². The predicted molar refractivity (Wildman–Crippen MR) is 76.0 cm³/mol. The average Bonchev–Trinajstić information content (AvgIpc) is 3.03. The van der Waals surface area contributed by atoms with Crippen LogP contribution in [0.25, 0.3) is 0 Å². The summed E-state index contributed by atoms with van der Waals surface area (Å²) in [5.74, 6) is -0.282. The summed E-state index contributed by atoms with van der Waals surface area (Å²) in [7, 11) is 0. The Balaban J connectivity index is 1.57. The number of carbonyl (C=O) groups is 3. The van der Waals surface area contributed by atoms with Gasteiger partial charge in [0.25, 0.3) is 0 Å². The lowest BCUT2D eigenvalue weighted by molar-refractivity contribution is -0.139. The van der Waals surface area contributed by atoms with Crippen molar-refractivity contribution in [3.63, 3.8) is 0 Å². The van der Waals surface area contributed by atoms with Gasteiger partial charge in [-0.25, -0.2) is 0 Å². The highest BCUT2D eigenvalue weighted by atomic mass is 32.2. The molecular weight excluding hydrogens is 276 g/mol. The molecule has 0 bridgehead atoms. The summed E-state index contributed by atoms with van der Waals surface area (Å²) in [6.45, 7) is 0.606. The van der Waals surface area contributed by atoms with Crippen LogP contribution in [-0.2, 0) is 14.4 Å². The maximum atomic E-state index is 12.2. The molecule has 1 aliphatic carbocycles. The molecule has 0 aromatic carbocycles.